The van der Waals surface area contributed by atoms with Crippen molar-refractivity contribution in [3.8, 4) is 17.3 Å². The van der Waals surface area contributed by atoms with Crippen LogP contribution in [-0.4, -0.2) is 66.2 Å². The fourth-order valence-corrected chi connectivity index (χ4v) is 6.91. The minimum absolute atomic E-state index is 0.183. The molecule has 2 aromatic heterocycles. The Morgan fingerprint density at radius 3 is 2.41 bits per heavy atom. The number of methoxy groups -OCH3 is 1. The van der Waals surface area contributed by atoms with Gasteiger partial charge in [0.25, 0.3) is 6.01 Å². The Bertz CT molecular complexity index is 1210. The molecule has 0 bridgehead atoms. The normalized spacial score (nSPS) is 18.5. The first-order valence-corrected chi connectivity index (χ1v) is 12.8. The number of aromatic nitrogens is 3. The molecule has 1 saturated heterocycles. The first-order chi connectivity index (χ1) is 15.5. The molecular formula is C22H26ClN5O3S. The molecule has 0 atom stereocenters. The number of piperazine rings is 1. The van der Waals surface area contributed by atoms with Crippen molar-refractivity contribution in [1.29, 1.82) is 0 Å². The summed E-state index contributed by atoms with van der Waals surface area (Å²) >= 11 is 6.47. The average molecular weight is 476 g/mol. The molecule has 1 aromatic carbocycles. The predicted octanol–water partition coefficient (Wildman–Crippen LogP) is 3.68. The van der Waals surface area contributed by atoms with E-state index in [4.69, 9.17) is 16.3 Å². The maximum Gasteiger partial charge on any atom is 0.295 e. The lowest BCUT2D eigenvalue weighted by atomic mass is 10.1. The van der Waals surface area contributed by atoms with E-state index in [1.807, 2.05) is 24.3 Å². The topological polar surface area (TPSA) is 91.4 Å². The Morgan fingerprint density at radius 2 is 1.75 bits per heavy atom. The molecule has 1 N–H and O–H groups in total. The van der Waals surface area contributed by atoms with Gasteiger partial charge in [-0.2, -0.15) is 9.29 Å². The summed E-state index contributed by atoms with van der Waals surface area (Å²) in [5, 5.41) is 0.347. The standard InChI is InChI=1S/C22H26ClN5O3S/c1-31-22-24-19-14-18(23)20(25-21(19)26-22)15-6-8-16(9-7-15)27-10-12-28(13-11-27)32(29,30)17-4-2-3-5-17/h6-9,14,17H,2-5,10-13H2,1H3,(H,24,25,26). The zero-order valence-electron chi connectivity index (χ0n) is 17.9. The average Bonchev–Trinajstić information content (AvgIpc) is 3.49. The third-order valence-electron chi connectivity index (χ3n) is 6.43. The van der Waals surface area contributed by atoms with Crippen molar-refractivity contribution in [2.45, 2.75) is 30.9 Å². The monoisotopic (exact) mass is 475 g/mol. The van der Waals surface area contributed by atoms with Crippen molar-refractivity contribution in [3.05, 3.63) is 35.4 Å². The molecule has 1 aliphatic heterocycles. The number of nitrogens with zero attached hydrogens (tertiary/aromatic N) is 4. The van der Waals surface area contributed by atoms with Crippen molar-refractivity contribution >= 4 is 38.5 Å². The van der Waals surface area contributed by atoms with Crippen LogP contribution in [0.15, 0.2) is 30.3 Å². The summed E-state index contributed by atoms with van der Waals surface area (Å²) in [5.74, 6) is 0. The summed E-state index contributed by atoms with van der Waals surface area (Å²) < 4.78 is 32.5. The number of H-pyrrole nitrogens is 1. The number of pyridine rings is 1. The molecule has 1 saturated carbocycles. The van der Waals surface area contributed by atoms with Crippen LogP contribution < -0.4 is 9.64 Å². The smallest absolute Gasteiger partial charge is 0.295 e. The number of aromatic amines is 1. The Labute approximate surface area is 192 Å². The van der Waals surface area contributed by atoms with Crippen LogP contribution in [0.4, 0.5) is 5.69 Å². The highest BCUT2D eigenvalue weighted by Crippen LogP contribution is 2.32. The molecular weight excluding hydrogens is 450 g/mol. The van der Waals surface area contributed by atoms with E-state index in [0.29, 0.717) is 48.6 Å². The molecule has 2 aliphatic rings. The Morgan fingerprint density at radius 1 is 1.06 bits per heavy atom. The highest BCUT2D eigenvalue weighted by atomic mass is 35.5. The molecule has 0 unspecified atom stereocenters. The van der Waals surface area contributed by atoms with E-state index < -0.39 is 10.0 Å². The van der Waals surface area contributed by atoms with Crippen LogP contribution in [0, 0.1) is 0 Å². The minimum Gasteiger partial charge on any atom is -0.468 e. The number of halogens is 1. The number of benzene rings is 1. The van der Waals surface area contributed by atoms with Gasteiger partial charge in [0.2, 0.25) is 10.0 Å². The fraction of sp³-hybridized carbons (Fsp3) is 0.455. The van der Waals surface area contributed by atoms with Crippen molar-refractivity contribution in [1.82, 2.24) is 19.3 Å². The summed E-state index contributed by atoms with van der Waals surface area (Å²) in [6.45, 7) is 2.43. The summed E-state index contributed by atoms with van der Waals surface area (Å²) in [6.07, 6.45) is 3.65. The first-order valence-electron chi connectivity index (χ1n) is 10.9. The summed E-state index contributed by atoms with van der Waals surface area (Å²) in [4.78, 5) is 14.1. The highest BCUT2D eigenvalue weighted by molar-refractivity contribution is 7.89. The third-order valence-corrected chi connectivity index (χ3v) is 9.11. The van der Waals surface area contributed by atoms with Gasteiger partial charge in [0.15, 0.2) is 5.65 Å². The number of ether oxygens (including phenoxy) is 1. The van der Waals surface area contributed by atoms with Gasteiger partial charge in [-0.15, -0.1) is 0 Å². The Balaban J connectivity index is 1.29. The van der Waals surface area contributed by atoms with Gasteiger partial charge in [-0.3, -0.25) is 0 Å². The van der Waals surface area contributed by atoms with Gasteiger partial charge in [-0.25, -0.2) is 13.4 Å². The van der Waals surface area contributed by atoms with E-state index in [0.717, 1.165) is 42.5 Å². The number of hydrogen-bond donors (Lipinski definition) is 1. The highest BCUT2D eigenvalue weighted by Gasteiger charge is 2.35. The molecule has 32 heavy (non-hydrogen) atoms. The number of sulfonamides is 1. The van der Waals surface area contributed by atoms with E-state index in [-0.39, 0.29) is 5.25 Å². The van der Waals surface area contributed by atoms with Crippen LogP contribution in [0.5, 0.6) is 6.01 Å². The number of imidazole rings is 1. The molecule has 0 radical (unpaired) electrons. The fourth-order valence-electron chi connectivity index (χ4n) is 4.62. The molecule has 5 rings (SSSR count). The minimum atomic E-state index is -3.17. The van der Waals surface area contributed by atoms with Crippen LogP contribution in [0.2, 0.25) is 5.02 Å². The van der Waals surface area contributed by atoms with Gasteiger partial charge in [0.1, 0.15) is 0 Å². The van der Waals surface area contributed by atoms with E-state index in [9.17, 15) is 8.42 Å². The second kappa shape index (κ2) is 8.53. The van der Waals surface area contributed by atoms with Crippen molar-refractivity contribution in [2.75, 3.05) is 38.2 Å². The lowest BCUT2D eigenvalue weighted by molar-refractivity contribution is 0.378. The quantitative estimate of drug-likeness (QED) is 0.605. The molecule has 10 heteroatoms. The maximum absolute atomic E-state index is 12.9. The van der Waals surface area contributed by atoms with Crippen molar-refractivity contribution in [2.24, 2.45) is 0 Å². The number of anilines is 1. The van der Waals surface area contributed by atoms with Gasteiger partial charge in [-0.05, 0) is 31.0 Å². The summed E-state index contributed by atoms with van der Waals surface area (Å²) in [7, 11) is -1.62. The van der Waals surface area contributed by atoms with Crippen LogP contribution in [-0.2, 0) is 10.0 Å². The number of rotatable bonds is 5. The number of hydrogen-bond acceptors (Lipinski definition) is 6. The third kappa shape index (κ3) is 3.93. The van der Waals surface area contributed by atoms with Crippen LogP contribution >= 0.6 is 11.6 Å². The Hall–Kier alpha value is -2.36. The second-order valence-corrected chi connectivity index (χ2v) is 10.9. The van der Waals surface area contributed by atoms with Crippen molar-refractivity contribution < 1.29 is 13.2 Å². The molecule has 170 valence electrons. The number of nitrogens with one attached hydrogen (secondary N) is 1. The van der Waals surface area contributed by atoms with Crippen molar-refractivity contribution in [3.63, 3.8) is 0 Å². The van der Waals surface area contributed by atoms with Gasteiger partial charge in [0.05, 0.1) is 28.6 Å². The predicted molar refractivity (Wildman–Crippen MR) is 126 cm³/mol. The van der Waals surface area contributed by atoms with Crippen LogP contribution in [0.1, 0.15) is 25.7 Å². The molecule has 8 nitrogen and oxygen atoms in total. The first kappa shape index (κ1) is 21.5. The van der Waals surface area contributed by atoms with Gasteiger partial charge in [0, 0.05) is 37.4 Å². The number of fused-ring (bicyclic) bond motifs is 1. The molecule has 1 aliphatic carbocycles. The van der Waals surface area contributed by atoms with E-state index in [1.165, 1.54) is 0 Å². The molecule has 2 fully saturated rings. The Kier molecular flexibility index (Phi) is 5.73. The van der Waals surface area contributed by atoms with E-state index in [2.05, 4.69) is 19.9 Å². The SMILES string of the molecule is COc1nc2nc(-c3ccc(N4CCN(S(=O)(=O)C5CCCC5)CC4)cc3)c(Cl)cc2[nH]1. The molecule has 3 aromatic rings. The van der Waals surface area contributed by atoms with Gasteiger partial charge in [-0.1, -0.05) is 36.6 Å². The van der Waals surface area contributed by atoms with Gasteiger partial charge >= 0.3 is 0 Å². The van der Waals surface area contributed by atoms with Crippen LogP contribution in [0.25, 0.3) is 22.4 Å². The van der Waals surface area contributed by atoms with E-state index >= 15 is 0 Å². The second-order valence-electron chi connectivity index (χ2n) is 8.32. The molecule has 3 heterocycles. The maximum atomic E-state index is 12.9. The summed E-state index contributed by atoms with van der Waals surface area (Å²) in [5.41, 5.74) is 3.88. The lowest BCUT2D eigenvalue weighted by Crippen LogP contribution is -2.50. The van der Waals surface area contributed by atoms with E-state index in [1.54, 1.807) is 17.5 Å². The zero-order chi connectivity index (χ0) is 22.3. The molecule has 0 spiro atoms. The summed E-state index contributed by atoms with van der Waals surface area (Å²) in [6, 6.07) is 10.2. The largest absolute Gasteiger partial charge is 0.468 e. The lowest BCUT2D eigenvalue weighted by Gasteiger charge is -2.36. The van der Waals surface area contributed by atoms with Crippen LogP contribution in [0.3, 0.4) is 0 Å². The van der Waals surface area contributed by atoms with Gasteiger partial charge < -0.3 is 14.6 Å². The molecule has 0 amide bonds. The zero-order valence-corrected chi connectivity index (χ0v) is 19.5.